The normalized spacial score (nSPS) is 20.3. The van der Waals surface area contributed by atoms with Crippen molar-refractivity contribution in [1.82, 2.24) is 0 Å². The first-order chi connectivity index (χ1) is 6.38. The molecular formula is C11H9OS. The molecule has 0 bridgehead atoms. The lowest BCUT2D eigenvalue weighted by Gasteiger charge is -2.06. The van der Waals surface area contributed by atoms with Gasteiger partial charge in [-0.05, 0) is 37.8 Å². The van der Waals surface area contributed by atoms with Crippen molar-refractivity contribution in [2.24, 2.45) is 0 Å². The highest BCUT2D eigenvalue weighted by Gasteiger charge is 2.24. The molecule has 1 aromatic carbocycles. The number of hydrogen-bond donors (Lipinski definition) is 0. The molecule has 0 spiro atoms. The summed E-state index contributed by atoms with van der Waals surface area (Å²) in [4.78, 5) is 0.855. The molecule has 1 saturated carbocycles. The lowest BCUT2D eigenvalue weighted by atomic mass is 10.4. The zero-order valence-electron chi connectivity index (χ0n) is 7.01. The summed E-state index contributed by atoms with van der Waals surface area (Å²) in [5.41, 5.74) is 0. The van der Waals surface area contributed by atoms with E-state index in [1.807, 2.05) is 56.0 Å². The average molecular weight is 189 g/mol. The largest absolute Gasteiger partial charge is 0.254 e. The molecule has 0 aromatic heterocycles. The van der Waals surface area contributed by atoms with Crippen LogP contribution in [0.2, 0.25) is 0 Å². The molecule has 0 amide bonds. The van der Waals surface area contributed by atoms with Gasteiger partial charge in [0.2, 0.25) is 0 Å². The summed E-state index contributed by atoms with van der Waals surface area (Å²) in [6, 6.07) is 9.48. The van der Waals surface area contributed by atoms with Crippen LogP contribution in [0, 0.1) is 30.9 Å². The van der Waals surface area contributed by atoms with Crippen molar-refractivity contribution < 1.29 is 4.21 Å². The Labute approximate surface area is 81.6 Å². The van der Waals surface area contributed by atoms with Gasteiger partial charge in [-0.25, -0.2) is 0 Å². The van der Waals surface area contributed by atoms with Crippen molar-refractivity contribution in [2.45, 2.75) is 4.90 Å². The highest BCUT2D eigenvalue weighted by Crippen LogP contribution is 2.29. The fourth-order valence-corrected chi connectivity index (χ4v) is 2.24. The van der Waals surface area contributed by atoms with Crippen molar-refractivity contribution >= 4 is 10.8 Å². The van der Waals surface area contributed by atoms with Crippen LogP contribution in [0.4, 0.5) is 0 Å². The van der Waals surface area contributed by atoms with Crippen LogP contribution in [0.3, 0.4) is 0 Å². The summed E-state index contributed by atoms with van der Waals surface area (Å²) in [6.07, 6.45) is 7.55. The summed E-state index contributed by atoms with van der Waals surface area (Å²) in [6.45, 7) is 0. The number of hydrogen-bond acceptors (Lipinski definition) is 1. The summed E-state index contributed by atoms with van der Waals surface area (Å²) in [7, 11) is -1.02. The van der Waals surface area contributed by atoms with Crippen LogP contribution >= 0.6 is 0 Å². The molecule has 65 valence electrons. The maximum absolute atomic E-state index is 11.8. The summed E-state index contributed by atoms with van der Waals surface area (Å²) < 4.78 is 11.8. The molecular weight excluding hydrogens is 180 g/mol. The van der Waals surface area contributed by atoms with E-state index < -0.39 is 10.8 Å². The van der Waals surface area contributed by atoms with Crippen LogP contribution < -0.4 is 0 Å². The minimum atomic E-state index is -1.02. The zero-order chi connectivity index (χ0) is 9.10. The van der Waals surface area contributed by atoms with Gasteiger partial charge in [0.05, 0.1) is 16.0 Å². The highest BCUT2D eigenvalue weighted by atomic mass is 32.2. The van der Waals surface area contributed by atoms with Gasteiger partial charge in [-0.3, -0.25) is 4.21 Å². The van der Waals surface area contributed by atoms with Gasteiger partial charge in [0, 0.05) is 4.90 Å². The van der Waals surface area contributed by atoms with Gasteiger partial charge in [0.15, 0.2) is 0 Å². The molecule has 2 heteroatoms. The Morgan fingerprint density at radius 2 is 1.54 bits per heavy atom. The van der Waals surface area contributed by atoms with E-state index in [0.717, 1.165) is 10.1 Å². The predicted molar refractivity (Wildman–Crippen MR) is 53.3 cm³/mol. The van der Waals surface area contributed by atoms with E-state index in [-0.39, 0.29) is 0 Å². The second-order valence-electron chi connectivity index (χ2n) is 2.70. The molecule has 1 aliphatic carbocycles. The van der Waals surface area contributed by atoms with Crippen LogP contribution in [-0.2, 0) is 10.8 Å². The molecule has 1 atom stereocenters. The maximum Gasteiger partial charge on any atom is 0.0754 e. The fourth-order valence-electron chi connectivity index (χ4n) is 1.16. The molecule has 2 rings (SSSR count). The first kappa shape index (κ1) is 8.95. The molecule has 1 nitrogen and oxygen atoms in total. The monoisotopic (exact) mass is 189 g/mol. The predicted octanol–water partition coefficient (Wildman–Crippen LogP) is 2.16. The van der Waals surface area contributed by atoms with Crippen LogP contribution in [0.1, 0.15) is 0 Å². The van der Waals surface area contributed by atoms with E-state index >= 15 is 0 Å². The van der Waals surface area contributed by atoms with E-state index in [1.165, 1.54) is 0 Å². The van der Waals surface area contributed by atoms with Gasteiger partial charge in [-0.2, -0.15) is 0 Å². The van der Waals surface area contributed by atoms with Crippen LogP contribution in [0.25, 0.3) is 0 Å². The van der Waals surface area contributed by atoms with Gasteiger partial charge in [0.1, 0.15) is 0 Å². The Bertz CT molecular complexity index is 288. The molecule has 0 saturated heterocycles. The highest BCUT2D eigenvalue weighted by molar-refractivity contribution is 7.88. The molecule has 1 aliphatic rings. The lowest BCUT2D eigenvalue weighted by Crippen LogP contribution is -2.02. The molecule has 5 radical (unpaired) electrons. The molecule has 0 aliphatic heterocycles. The Morgan fingerprint density at radius 3 is 2.15 bits per heavy atom. The van der Waals surface area contributed by atoms with Gasteiger partial charge in [-0.1, -0.05) is 18.2 Å². The molecule has 0 N–H and O–H groups in total. The SMILES string of the molecule is O=[S@]([C]1[CH][CH][CH][CH]1)c1ccccc1. The maximum atomic E-state index is 11.8. The third-order valence-corrected chi connectivity index (χ3v) is 3.20. The molecule has 1 fully saturated rings. The van der Waals surface area contributed by atoms with Crippen LogP contribution in [0.15, 0.2) is 35.2 Å². The first-order valence-electron chi connectivity index (χ1n) is 4.06. The number of rotatable bonds is 2. The standard InChI is InChI=1S/C11H9OS/c12-13(11-8-4-5-9-11)10-6-2-1-3-7-10/h1-9H/t13-/m0/s1. The van der Waals surface area contributed by atoms with Crippen molar-refractivity contribution in [2.75, 3.05) is 0 Å². The van der Waals surface area contributed by atoms with Gasteiger partial charge in [0.25, 0.3) is 0 Å². The van der Waals surface area contributed by atoms with E-state index in [0.29, 0.717) is 0 Å². The van der Waals surface area contributed by atoms with Crippen molar-refractivity contribution in [3.63, 3.8) is 0 Å². The first-order valence-corrected chi connectivity index (χ1v) is 5.21. The Morgan fingerprint density at radius 1 is 0.923 bits per heavy atom. The fraction of sp³-hybridized carbons (Fsp3) is 0. The third-order valence-electron chi connectivity index (χ3n) is 1.80. The van der Waals surface area contributed by atoms with Gasteiger partial charge < -0.3 is 0 Å². The third kappa shape index (κ3) is 1.99. The average Bonchev–Trinajstić information content (AvgIpc) is 2.71. The molecule has 0 heterocycles. The Balaban J connectivity index is 2.13. The van der Waals surface area contributed by atoms with Crippen LogP contribution in [0.5, 0.6) is 0 Å². The Hall–Kier alpha value is -0.630. The van der Waals surface area contributed by atoms with Crippen LogP contribution in [-0.4, -0.2) is 4.21 Å². The minimum absolute atomic E-state index is 0.855. The molecule has 13 heavy (non-hydrogen) atoms. The quantitative estimate of drug-likeness (QED) is 0.696. The minimum Gasteiger partial charge on any atom is -0.254 e. The van der Waals surface area contributed by atoms with Crippen molar-refractivity contribution in [3.05, 3.63) is 61.3 Å². The molecule has 0 unspecified atom stereocenters. The molecule has 1 aromatic rings. The smallest absolute Gasteiger partial charge is 0.0754 e. The van der Waals surface area contributed by atoms with E-state index in [9.17, 15) is 4.21 Å². The van der Waals surface area contributed by atoms with E-state index in [4.69, 9.17) is 0 Å². The lowest BCUT2D eigenvalue weighted by molar-refractivity contribution is 0.685. The number of benzene rings is 1. The van der Waals surface area contributed by atoms with E-state index in [2.05, 4.69) is 0 Å². The van der Waals surface area contributed by atoms with E-state index in [1.54, 1.807) is 0 Å². The zero-order valence-corrected chi connectivity index (χ0v) is 7.83. The second kappa shape index (κ2) is 4.05. The van der Waals surface area contributed by atoms with Crippen molar-refractivity contribution in [1.29, 1.82) is 0 Å². The summed E-state index contributed by atoms with van der Waals surface area (Å²) >= 11 is 0. The summed E-state index contributed by atoms with van der Waals surface area (Å²) in [5, 5.41) is 0.867. The van der Waals surface area contributed by atoms with Gasteiger partial charge in [-0.15, -0.1) is 0 Å². The summed E-state index contributed by atoms with van der Waals surface area (Å²) in [5.74, 6) is 0. The topological polar surface area (TPSA) is 17.1 Å². The Kier molecular flexibility index (Phi) is 2.79. The second-order valence-corrected chi connectivity index (χ2v) is 4.18. The van der Waals surface area contributed by atoms with Gasteiger partial charge >= 0.3 is 0 Å². The van der Waals surface area contributed by atoms with Crippen molar-refractivity contribution in [3.8, 4) is 0 Å².